The Kier molecular flexibility index (Phi) is 6.23. The van der Waals surface area contributed by atoms with Gasteiger partial charge in [-0.25, -0.2) is 0 Å². The third-order valence-electron chi connectivity index (χ3n) is 2.86. The zero-order chi connectivity index (χ0) is 16.8. The van der Waals surface area contributed by atoms with E-state index in [1.165, 1.54) is 11.8 Å². The quantitative estimate of drug-likeness (QED) is 0.486. The van der Waals surface area contributed by atoms with Gasteiger partial charge in [0.1, 0.15) is 5.25 Å². The van der Waals surface area contributed by atoms with Gasteiger partial charge in [-0.1, -0.05) is 11.8 Å². The van der Waals surface area contributed by atoms with E-state index in [0.29, 0.717) is 5.17 Å². The number of hydrogen-bond donors (Lipinski definition) is 2. The fourth-order valence-electron chi connectivity index (χ4n) is 1.79. The molecule has 0 aromatic heterocycles. The predicted molar refractivity (Wildman–Crippen MR) is 97.2 cm³/mol. The van der Waals surface area contributed by atoms with E-state index in [1.807, 2.05) is 44.4 Å². The third kappa shape index (κ3) is 5.40. The number of anilines is 1. The van der Waals surface area contributed by atoms with Crippen LogP contribution in [0.5, 0.6) is 0 Å². The van der Waals surface area contributed by atoms with Crippen LogP contribution in [0.4, 0.5) is 5.69 Å². The number of hydrogen-bond acceptors (Lipinski definition) is 6. The lowest BCUT2D eigenvalue weighted by molar-refractivity contribution is -0.122. The average Bonchev–Trinajstić information content (AvgIpc) is 2.86. The van der Waals surface area contributed by atoms with E-state index in [0.717, 1.165) is 16.3 Å². The van der Waals surface area contributed by atoms with Crippen molar-refractivity contribution in [3.05, 3.63) is 24.3 Å². The first-order chi connectivity index (χ1) is 11.0. The second-order valence-electron chi connectivity index (χ2n) is 5.03. The number of carbonyl (C=O) groups excluding carboxylic acids is 2. The zero-order valence-electron chi connectivity index (χ0n) is 13.1. The first-order valence-corrected chi connectivity index (χ1v) is 9.08. The molecule has 0 radical (unpaired) electrons. The van der Waals surface area contributed by atoms with Crippen LogP contribution in [0.1, 0.15) is 20.3 Å². The minimum Gasteiger partial charge on any atom is -0.326 e. The van der Waals surface area contributed by atoms with Gasteiger partial charge in [-0.05, 0) is 44.4 Å². The molecular weight excluding hydrogens is 332 g/mol. The monoisotopic (exact) mass is 350 g/mol. The van der Waals surface area contributed by atoms with E-state index < -0.39 is 5.25 Å². The Morgan fingerprint density at radius 1 is 1.35 bits per heavy atom. The lowest BCUT2D eigenvalue weighted by Crippen LogP contribution is -2.28. The molecule has 1 saturated heterocycles. The summed E-state index contributed by atoms with van der Waals surface area (Å²) in [7, 11) is 0. The van der Waals surface area contributed by atoms with Crippen LogP contribution in [-0.4, -0.2) is 34.2 Å². The summed E-state index contributed by atoms with van der Waals surface area (Å²) in [6.45, 7) is 3.64. The minimum atomic E-state index is -0.480. The van der Waals surface area contributed by atoms with Crippen molar-refractivity contribution in [2.24, 2.45) is 10.2 Å². The van der Waals surface area contributed by atoms with E-state index in [2.05, 4.69) is 20.8 Å². The molecular formula is C15H18N4O2S2. The van der Waals surface area contributed by atoms with Gasteiger partial charge in [0.15, 0.2) is 5.17 Å². The van der Waals surface area contributed by atoms with Crippen LogP contribution in [0, 0.1) is 0 Å². The maximum atomic E-state index is 12.1. The maximum Gasteiger partial charge on any atom is 0.240 e. The Balaban J connectivity index is 1.91. The molecule has 8 heteroatoms. The molecule has 1 unspecified atom stereocenters. The number of amidine groups is 1. The van der Waals surface area contributed by atoms with Crippen molar-refractivity contribution in [2.75, 3.05) is 11.6 Å². The molecule has 6 nitrogen and oxygen atoms in total. The van der Waals surface area contributed by atoms with Gasteiger partial charge >= 0.3 is 0 Å². The zero-order valence-corrected chi connectivity index (χ0v) is 14.8. The molecule has 1 aromatic rings. The van der Waals surface area contributed by atoms with Gasteiger partial charge in [-0.2, -0.15) is 5.10 Å². The fraction of sp³-hybridized carbons (Fsp3) is 0.333. The molecule has 0 saturated carbocycles. The minimum absolute atomic E-state index is 0.0919. The van der Waals surface area contributed by atoms with E-state index in [9.17, 15) is 9.59 Å². The van der Waals surface area contributed by atoms with Crippen molar-refractivity contribution in [2.45, 2.75) is 30.4 Å². The second kappa shape index (κ2) is 8.16. The summed E-state index contributed by atoms with van der Waals surface area (Å²) < 4.78 is 0. The number of amides is 2. The van der Waals surface area contributed by atoms with Crippen LogP contribution in [0.2, 0.25) is 0 Å². The Morgan fingerprint density at radius 2 is 2.04 bits per heavy atom. The van der Waals surface area contributed by atoms with Crippen LogP contribution in [0.25, 0.3) is 0 Å². The molecule has 1 atom stereocenters. The largest absolute Gasteiger partial charge is 0.326 e. The van der Waals surface area contributed by atoms with E-state index in [4.69, 9.17) is 0 Å². The van der Waals surface area contributed by atoms with Crippen molar-refractivity contribution in [1.82, 2.24) is 5.32 Å². The van der Waals surface area contributed by atoms with Gasteiger partial charge in [0.25, 0.3) is 0 Å². The lowest BCUT2D eigenvalue weighted by atomic mass is 10.2. The predicted octanol–water partition coefficient (Wildman–Crippen LogP) is 2.72. The van der Waals surface area contributed by atoms with Crippen LogP contribution in [0.15, 0.2) is 39.4 Å². The fourth-order valence-corrected chi connectivity index (χ4v) is 3.11. The first kappa shape index (κ1) is 17.6. The molecule has 23 heavy (non-hydrogen) atoms. The Bertz CT molecular complexity index is 652. The van der Waals surface area contributed by atoms with Gasteiger partial charge in [-0.15, -0.1) is 16.9 Å². The second-order valence-corrected chi connectivity index (χ2v) is 7.10. The normalized spacial score (nSPS) is 18.7. The smallest absolute Gasteiger partial charge is 0.240 e. The summed E-state index contributed by atoms with van der Waals surface area (Å²) in [5.41, 5.74) is 1.51. The van der Waals surface area contributed by atoms with E-state index >= 15 is 0 Å². The van der Waals surface area contributed by atoms with Gasteiger partial charge in [-0.3, -0.25) is 9.59 Å². The Morgan fingerprint density at radius 3 is 2.65 bits per heavy atom. The number of benzene rings is 1. The number of carbonyl (C=O) groups is 2. The first-order valence-electron chi connectivity index (χ1n) is 6.98. The molecule has 1 aliphatic rings. The summed E-state index contributed by atoms with van der Waals surface area (Å²) in [4.78, 5) is 25.0. The summed E-state index contributed by atoms with van der Waals surface area (Å²) in [5, 5.41) is 13.2. The topological polar surface area (TPSA) is 82.9 Å². The number of nitrogens with one attached hydrogen (secondary N) is 2. The van der Waals surface area contributed by atoms with Crippen LogP contribution >= 0.6 is 23.5 Å². The van der Waals surface area contributed by atoms with Crippen molar-refractivity contribution in [1.29, 1.82) is 0 Å². The molecule has 0 spiro atoms. The van der Waals surface area contributed by atoms with Crippen molar-refractivity contribution >= 4 is 51.9 Å². The van der Waals surface area contributed by atoms with Crippen molar-refractivity contribution < 1.29 is 9.59 Å². The molecule has 1 aromatic carbocycles. The molecule has 1 fully saturated rings. The maximum absolute atomic E-state index is 12.1. The molecule has 1 heterocycles. The highest BCUT2D eigenvalue weighted by atomic mass is 32.2. The number of nitrogens with zero attached hydrogens (tertiary/aromatic N) is 2. The molecule has 0 bridgehead atoms. The molecule has 122 valence electrons. The van der Waals surface area contributed by atoms with Gasteiger partial charge in [0, 0.05) is 22.7 Å². The van der Waals surface area contributed by atoms with Crippen LogP contribution in [-0.2, 0) is 9.59 Å². The van der Waals surface area contributed by atoms with Crippen LogP contribution < -0.4 is 10.6 Å². The summed E-state index contributed by atoms with van der Waals surface area (Å²) >= 11 is 2.86. The summed E-state index contributed by atoms with van der Waals surface area (Å²) in [6, 6.07) is 7.56. The standard InChI is InChI=1S/C15H18N4O2S2/c1-9(2)18-19-15-17-14(21)12(23-15)8-13(20)16-10-4-6-11(22-3)7-5-10/h4-7,12H,8H2,1-3H3,(H,16,20)(H,17,19,21). The highest BCUT2D eigenvalue weighted by Crippen LogP contribution is 2.23. The molecule has 2 rings (SSSR count). The summed E-state index contributed by atoms with van der Waals surface area (Å²) in [6.07, 6.45) is 2.08. The highest BCUT2D eigenvalue weighted by Gasteiger charge is 2.32. The van der Waals surface area contributed by atoms with Crippen molar-refractivity contribution in [3.8, 4) is 0 Å². The molecule has 2 amide bonds. The lowest BCUT2D eigenvalue weighted by Gasteiger charge is -2.07. The number of thioether (sulfide) groups is 2. The van der Waals surface area contributed by atoms with Gasteiger partial charge < -0.3 is 10.6 Å². The SMILES string of the molecule is CSc1ccc(NC(=O)CC2SC(=NN=C(C)C)NC2=O)cc1. The average molecular weight is 350 g/mol. The number of rotatable bonds is 5. The Labute approximate surface area is 143 Å². The summed E-state index contributed by atoms with van der Waals surface area (Å²) in [5.74, 6) is -0.420. The van der Waals surface area contributed by atoms with E-state index in [1.54, 1.807) is 11.8 Å². The highest BCUT2D eigenvalue weighted by molar-refractivity contribution is 8.15. The molecule has 0 aliphatic carbocycles. The third-order valence-corrected chi connectivity index (χ3v) is 4.68. The van der Waals surface area contributed by atoms with Crippen LogP contribution in [0.3, 0.4) is 0 Å². The van der Waals surface area contributed by atoms with Crippen molar-refractivity contribution in [3.63, 3.8) is 0 Å². The molecule has 2 N–H and O–H groups in total. The Hall–Kier alpha value is -1.80. The van der Waals surface area contributed by atoms with E-state index in [-0.39, 0.29) is 18.2 Å². The van der Waals surface area contributed by atoms with Gasteiger partial charge in [0.05, 0.1) is 0 Å². The van der Waals surface area contributed by atoms with Gasteiger partial charge in [0.2, 0.25) is 11.8 Å². The molecule has 1 aliphatic heterocycles.